The van der Waals surface area contributed by atoms with E-state index in [2.05, 4.69) is 38.2 Å². The number of aliphatic hydroxyl groups is 5. The van der Waals surface area contributed by atoms with Gasteiger partial charge in [-0.25, -0.2) is 4.57 Å². The van der Waals surface area contributed by atoms with Gasteiger partial charge in [0.2, 0.25) is 0 Å². The van der Waals surface area contributed by atoms with E-state index in [0.717, 1.165) is 57.8 Å². The Balaban J connectivity index is 2.27. The molecule has 0 heterocycles. The number of hydrogen-bond acceptors (Lipinski definition) is 11. The van der Waals surface area contributed by atoms with E-state index in [0.29, 0.717) is 13.0 Å². The lowest BCUT2D eigenvalue weighted by Crippen LogP contribution is -2.64. The smallest absolute Gasteiger partial charge is 0.457 e. The fourth-order valence-corrected chi connectivity index (χ4v) is 9.83. The molecule has 402 valence electrons. The van der Waals surface area contributed by atoms with Gasteiger partial charge in [-0.2, -0.15) is 0 Å². The number of allylic oxidation sites excluding steroid dienone is 4. The average Bonchev–Trinajstić information content (AvgIpc) is 3.32. The minimum Gasteiger partial charge on any atom is -0.457 e. The molecule has 0 bridgehead atoms. The van der Waals surface area contributed by atoms with Gasteiger partial charge in [0.1, 0.15) is 42.7 Å². The summed E-state index contributed by atoms with van der Waals surface area (Å²) in [5, 5.41) is 50.4. The molecule has 0 saturated heterocycles. The summed E-state index contributed by atoms with van der Waals surface area (Å²) in [5.41, 5.74) is 0. The predicted octanol–water partition coefficient (Wildman–Crippen LogP) is 13.2. The van der Waals surface area contributed by atoms with Crippen molar-refractivity contribution >= 4 is 13.8 Å². The minimum atomic E-state index is -5.02. The van der Waals surface area contributed by atoms with Crippen molar-refractivity contribution in [3.05, 3.63) is 24.3 Å². The Hall–Kier alpha value is -1.18. The van der Waals surface area contributed by atoms with E-state index in [9.17, 15) is 39.8 Å². The average molecular weight is 989 g/mol. The predicted molar refractivity (Wildman–Crippen MR) is 276 cm³/mol. The number of unbranched alkanes of at least 4 members (excludes halogenated alkanes) is 33. The van der Waals surface area contributed by atoms with E-state index < -0.39 is 63.1 Å². The van der Waals surface area contributed by atoms with Crippen LogP contribution in [-0.4, -0.2) is 98.9 Å². The highest BCUT2D eigenvalue weighted by Gasteiger charge is 2.51. The molecule has 0 radical (unpaired) electrons. The molecular formula is C55H105O12P. The monoisotopic (exact) mass is 989 g/mol. The van der Waals surface area contributed by atoms with Crippen LogP contribution in [0.4, 0.5) is 0 Å². The Morgan fingerprint density at radius 2 is 0.824 bits per heavy atom. The van der Waals surface area contributed by atoms with Crippen LogP contribution in [0.3, 0.4) is 0 Å². The first-order valence-corrected chi connectivity index (χ1v) is 29.7. The van der Waals surface area contributed by atoms with Gasteiger partial charge in [-0.05, 0) is 44.9 Å². The molecule has 1 rings (SSSR count). The molecule has 6 N–H and O–H groups in total. The first-order valence-electron chi connectivity index (χ1n) is 28.2. The molecule has 6 unspecified atom stereocenters. The van der Waals surface area contributed by atoms with Gasteiger partial charge in [0.05, 0.1) is 13.2 Å². The molecule has 0 spiro atoms. The maximum absolute atomic E-state index is 12.9. The van der Waals surface area contributed by atoms with Crippen molar-refractivity contribution in [2.45, 2.75) is 301 Å². The zero-order chi connectivity index (χ0) is 49.8. The van der Waals surface area contributed by atoms with Gasteiger partial charge in [0.15, 0.2) is 0 Å². The normalized spacial score (nSPS) is 21.2. The number of ether oxygens (including phenoxy) is 2. The molecule has 0 amide bonds. The Labute approximate surface area is 415 Å². The van der Waals surface area contributed by atoms with Crippen molar-refractivity contribution in [2.75, 3.05) is 19.8 Å². The number of phosphoric acid groups is 1. The van der Waals surface area contributed by atoms with Gasteiger partial charge in [-0.1, -0.05) is 231 Å². The zero-order valence-electron chi connectivity index (χ0n) is 43.4. The van der Waals surface area contributed by atoms with Gasteiger partial charge < -0.3 is 39.9 Å². The largest absolute Gasteiger partial charge is 0.472 e. The molecule has 0 aromatic heterocycles. The molecule has 6 atom stereocenters. The van der Waals surface area contributed by atoms with Crippen molar-refractivity contribution in [3.63, 3.8) is 0 Å². The topological polar surface area (TPSA) is 192 Å². The van der Waals surface area contributed by atoms with E-state index in [1.807, 2.05) is 0 Å². The van der Waals surface area contributed by atoms with Crippen molar-refractivity contribution < 1.29 is 58.3 Å². The van der Waals surface area contributed by atoms with Crippen molar-refractivity contribution in [2.24, 2.45) is 0 Å². The molecular weight excluding hydrogens is 884 g/mol. The molecule has 0 aromatic carbocycles. The number of carbonyl (C=O) groups excluding carboxylic acids is 1. The van der Waals surface area contributed by atoms with Crippen LogP contribution >= 0.6 is 7.82 Å². The van der Waals surface area contributed by atoms with E-state index in [1.165, 1.54) is 173 Å². The van der Waals surface area contributed by atoms with E-state index in [-0.39, 0.29) is 13.0 Å². The fraction of sp³-hybridized carbons (Fsp3) is 0.909. The van der Waals surface area contributed by atoms with Crippen LogP contribution in [-0.2, 0) is 27.9 Å². The summed E-state index contributed by atoms with van der Waals surface area (Å²) in [6.45, 7) is 4.28. The number of aliphatic hydroxyl groups excluding tert-OH is 5. The lowest BCUT2D eigenvalue weighted by atomic mass is 9.85. The van der Waals surface area contributed by atoms with Gasteiger partial charge in [0, 0.05) is 13.0 Å². The third-order valence-electron chi connectivity index (χ3n) is 13.3. The third kappa shape index (κ3) is 36.7. The highest BCUT2D eigenvalue weighted by Crippen LogP contribution is 2.47. The summed E-state index contributed by atoms with van der Waals surface area (Å²) in [4.78, 5) is 23.3. The summed E-state index contributed by atoms with van der Waals surface area (Å²) in [6, 6.07) is 0. The van der Waals surface area contributed by atoms with Gasteiger partial charge in [-0.3, -0.25) is 13.8 Å². The number of rotatable bonds is 49. The highest BCUT2D eigenvalue weighted by atomic mass is 31.2. The van der Waals surface area contributed by atoms with Crippen LogP contribution in [0.5, 0.6) is 0 Å². The number of esters is 1. The van der Waals surface area contributed by atoms with Crippen LogP contribution in [0.15, 0.2) is 24.3 Å². The number of hydrogen-bond donors (Lipinski definition) is 6. The Kier molecular flexibility index (Phi) is 43.5. The molecule has 13 heteroatoms. The lowest BCUT2D eigenvalue weighted by molar-refractivity contribution is -0.220. The van der Waals surface area contributed by atoms with Crippen molar-refractivity contribution in [1.82, 2.24) is 0 Å². The summed E-state index contributed by atoms with van der Waals surface area (Å²) >= 11 is 0. The maximum atomic E-state index is 12.9. The second kappa shape index (κ2) is 45.7. The number of phosphoric ester groups is 1. The first kappa shape index (κ1) is 64.8. The highest BCUT2D eigenvalue weighted by molar-refractivity contribution is 7.47. The lowest BCUT2D eigenvalue weighted by Gasteiger charge is -2.41. The zero-order valence-corrected chi connectivity index (χ0v) is 44.3. The van der Waals surface area contributed by atoms with Gasteiger partial charge >= 0.3 is 13.8 Å². The van der Waals surface area contributed by atoms with Crippen LogP contribution < -0.4 is 0 Å². The molecule has 68 heavy (non-hydrogen) atoms. The maximum Gasteiger partial charge on any atom is 0.472 e. The summed E-state index contributed by atoms with van der Waals surface area (Å²) in [7, 11) is -5.02. The molecule has 0 aromatic rings. The van der Waals surface area contributed by atoms with Crippen LogP contribution in [0.1, 0.15) is 258 Å². The molecule has 1 fully saturated rings. The standard InChI is InChI=1S/C55H105O12P/c1-3-5-7-9-11-13-15-17-19-21-22-23-24-25-26-27-29-31-33-35-37-39-41-43-45-64-46-48(47-65-68(62,63)67-55-53(60)51(58)50(57)52(59)54(55)61)66-49(56)44-42-40-38-36-34-32-30-28-20-18-16-14-12-10-8-6-4-2/h12,14,18,20,48,50-55,57-61H,3-11,13,15-17,19,21-47H2,1-2H3,(H,62,63)/b14-12-,20-18-. The van der Waals surface area contributed by atoms with Crippen LogP contribution in [0, 0.1) is 0 Å². The second-order valence-electron chi connectivity index (χ2n) is 19.8. The second-order valence-corrected chi connectivity index (χ2v) is 21.2. The van der Waals surface area contributed by atoms with E-state index >= 15 is 0 Å². The minimum absolute atomic E-state index is 0.0751. The van der Waals surface area contributed by atoms with Crippen molar-refractivity contribution in [3.8, 4) is 0 Å². The van der Waals surface area contributed by atoms with Gasteiger partial charge in [-0.15, -0.1) is 0 Å². The first-order chi connectivity index (χ1) is 33.0. The summed E-state index contributed by atoms with van der Waals surface area (Å²) in [5.74, 6) is -0.480. The Morgan fingerprint density at radius 1 is 0.471 bits per heavy atom. The quantitative estimate of drug-likeness (QED) is 0.0146. The number of carbonyl (C=O) groups is 1. The van der Waals surface area contributed by atoms with Gasteiger partial charge in [0.25, 0.3) is 0 Å². The van der Waals surface area contributed by atoms with E-state index in [1.54, 1.807) is 0 Å². The molecule has 1 aliphatic rings. The molecule has 12 nitrogen and oxygen atoms in total. The summed E-state index contributed by atoms with van der Waals surface area (Å²) in [6.07, 6.45) is 42.5. The Bertz CT molecular complexity index is 1220. The SMILES string of the molecule is CCCCC/C=C\C/C=C\CCCCCCCCCC(=O)OC(COCCCCCCCCCCCCCCCCCCCCCCCCCC)COP(=O)(O)OC1C(O)C(O)C(O)C(O)C1O. The van der Waals surface area contributed by atoms with Crippen LogP contribution in [0.25, 0.3) is 0 Å². The molecule has 0 aliphatic heterocycles. The van der Waals surface area contributed by atoms with Crippen molar-refractivity contribution in [1.29, 1.82) is 0 Å². The summed E-state index contributed by atoms with van der Waals surface area (Å²) < 4.78 is 34.4. The molecule has 1 saturated carbocycles. The van der Waals surface area contributed by atoms with E-state index in [4.69, 9.17) is 18.5 Å². The third-order valence-corrected chi connectivity index (χ3v) is 14.3. The fourth-order valence-electron chi connectivity index (χ4n) is 8.86. The Morgan fingerprint density at radius 3 is 1.26 bits per heavy atom. The van der Waals surface area contributed by atoms with Crippen LogP contribution in [0.2, 0.25) is 0 Å². The molecule has 1 aliphatic carbocycles.